The summed E-state index contributed by atoms with van der Waals surface area (Å²) in [6, 6.07) is 13.0. The summed E-state index contributed by atoms with van der Waals surface area (Å²) >= 11 is 0. The van der Waals surface area contributed by atoms with Gasteiger partial charge in [-0.1, -0.05) is 59.7 Å². The van der Waals surface area contributed by atoms with Crippen molar-refractivity contribution in [3.05, 3.63) is 47.5 Å². The second kappa shape index (κ2) is 4.37. The molecule has 3 rings (SSSR count). The molecule has 0 radical (unpaired) electrons. The third-order valence-corrected chi connectivity index (χ3v) is 4.17. The van der Waals surface area contributed by atoms with Gasteiger partial charge < -0.3 is 4.42 Å². The molecule has 0 bridgehead atoms. The third-order valence-electron chi connectivity index (χ3n) is 4.17. The van der Waals surface area contributed by atoms with E-state index < -0.39 is 0 Å². The Morgan fingerprint density at radius 1 is 0.762 bits per heavy atom. The average Bonchev–Trinajstić information content (AvgIpc) is 2.73. The van der Waals surface area contributed by atoms with Crippen molar-refractivity contribution in [1.82, 2.24) is 0 Å². The topological polar surface area (TPSA) is 13.1 Å². The van der Waals surface area contributed by atoms with Gasteiger partial charge >= 0.3 is 0 Å². The van der Waals surface area contributed by atoms with Crippen LogP contribution >= 0.6 is 0 Å². The molecule has 2 aromatic carbocycles. The fourth-order valence-electron chi connectivity index (χ4n) is 2.92. The third kappa shape index (κ3) is 2.35. The zero-order valence-electron chi connectivity index (χ0n) is 13.9. The molecule has 0 aliphatic rings. The lowest BCUT2D eigenvalue weighted by molar-refractivity contribution is 0.590. The Bertz CT molecular complexity index is 807. The first-order valence-corrected chi connectivity index (χ1v) is 7.64. The highest BCUT2D eigenvalue weighted by Crippen LogP contribution is 2.38. The molecule has 0 aliphatic carbocycles. The smallest absolute Gasteiger partial charge is 0.135 e. The number of benzene rings is 2. The average molecular weight is 280 g/mol. The summed E-state index contributed by atoms with van der Waals surface area (Å²) in [5, 5.41) is 2.51. The highest BCUT2D eigenvalue weighted by atomic mass is 16.3. The van der Waals surface area contributed by atoms with Crippen molar-refractivity contribution in [3.8, 4) is 0 Å². The molecule has 0 unspecified atom stereocenters. The normalized spacial score (nSPS) is 13.2. The molecular weight excluding hydrogens is 256 g/mol. The SMILES string of the molecule is CC(C)(C)c1ccc2oc3cccc(C(C)(C)C)c3c2c1. The van der Waals surface area contributed by atoms with Crippen LogP contribution in [-0.4, -0.2) is 0 Å². The van der Waals surface area contributed by atoms with Crippen LogP contribution in [0.5, 0.6) is 0 Å². The fraction of sp³-hybridized carbons (Fsp3) is 0.400. The lowest BCUT2D eigenvalue weighted by Gasteiger charge is -2.21. The Kier molecular flexibility index (Phi) is 2.95. The standard InChI is InChI=1S/C20H24O/c1-19(2,3)13-10-11-16-14(12-13)18-15(20(4,5)6)8-7-9-17(18)21-16/h7-12H,1-6H3. The van der Waals surface area contributed by atoms with E-state index in [0.29, 0.717) is 0 Å². The Morgan fingerprint density at radius 2 is 1.48 bits per heavy atom. The Labute approximate surface area is 127 Å². The van der Waals surface area contributed by atoms with Gasteiger partial charge in [0.05, 0.1) is 0 Å². The van der Waals surface area contributed by atoms with Crippen LogP contribution in [0.1, 0.15) is 52.7 Å². The van der Waals surface area contributed by atoms with Crippen molar-refractivity contribution in [2.75, 3.05) is 0 Å². The molecule has 0 amide bonds. The number of hydrogen-bond donors (Lipinski definition) is 0. The first kappa shape index (κ1) is 14.2. The highest BCUT2D eigenvalue weighted by Gasteiger charge is 2.22. The van der Waals surface area contributed by atoms with E-state index in [4.69, 9.17) is 4.42 Å². The largest absolute Gasteiger partial charge is 0.456 e. The number of furan rings is 1. The van der Waals surface area contributed by atoms with Crippen molar-refractivity contribution >= 4 is 21.9 Å². The van der Waals surface area contributed by atoms with Gasteiger partial charge in [-0.3, -0.25) is 0 Å². The molecule has 0 N–H and O–H groups in total. The second-order valence-corrected chi connectivity index (χ2v) is 7.99. The van der Waals surface area contributed by atoms with Crippen molar-refractivity contribution in [2.45, 2.75) is 52.4 Å². The summed E-state index contributed by atoms with van der Waals surface area (Å²) in [4.78, 5) is 0. The second-order valence-electron chi connectivity index (χ2n) is 7.99. The van der Waals surface area contributed by atoms with Gasteiger partial charge in [-0.25, -0.2) is 0 Å². The molecule has 1 heteroatoms. The number of fused-ring (bicyclic) bond motifs is 3. The Balaban J connectivity index is 2.42. The quantitative estimate of drug-likeness (QED) is 0.479. The van der Waals surface area contributed by atoms with Crippen LogP contribution in [0.2, 0.25) is 0 Å². The van der Waals surface area contributed by atoms with Crippen LogP contribution in [0.3, 0.4) is 0 Å². The van der Waals surface area contributed by atoms with Crippen LogP contribution < -0.4 is 0 Å². The van der Waals surface area contributed by atoms with Gasteiger partial charge in [0.15, 0.2) is 0 Å². The van der Waals surface area contributed by atoms with Crippen LogP contribution in [0, 0.1) is 0 Å². The molecule has 0 saturated carbocycles. The zero-order valence-corrected chi connectivity index (χ0v) is 13.9. The molecule has 0 aliphatic heterocycles. The highest BCUT2D eigenvalue weighted by molar-refractivity contribution is 6.07. The van der Waals surface area contributed by atoms with E-state index in [-0.39, 0.29) is 10.8 Å². The van der Waals surface area contributed by atoms with Gasteiger partial charge in [0.1, 0.15) is 11.2 Å². The van der Waals surface area contributed by atoms with Gasteiger partial charge in [-0.2, -0.15) is 0 Å². The van der Waals surface area contributed by atoms with E-state index >= 15 is 0 Å². The maximum Gasteiger partial charge on any atom is 0.135 e. The summed E-state index contributed by atoms with van der Waals surface area (Å²) in [5.74, 6) is 0. The van der Waals surface area contributed by atoms with Gasteiger partial charge in [0.2, 0.25) is 0 Å². The lowest BCUT2D eigenvalue weighted by atomic mass is 9.83. The van der Waals surface area contributed by atoms with Crippen molar-refractivity contribution in [2.24, 2.45) is 0 Å². The monoisotopic (exact) mass is 280 g/mol. The Morgan fingerprint density at radius 3 is 2.10 bits per heavy atom. The molecule has 1 aromatic heterocycles. The van der Waals surface area contributed by atoms with E-state index in [9.17, 15) is 0 Å². The first-order valence-electron chi connectivity index (χ1n) is 7.64. The molecule has 0 spiro atoms. The predicted molar refractivity (Wildman–Crippen MR) is 91.1 cm³/mol. The number of hydrogen-bond acceptors (Lipinski definition) is 1. The summed E-state index contributed by atoms with van der Waals surface area (Å²) < 4.78 is 6.06. The van der Waals surface area contributed by atoms with Gasteiger partial charge in [0, 0.05) is 10.8 Å². The summed E-state index contributed by atoms with van der Waals surface area (Å²) in [6.45, 7) is 13.5. The summed E-state index contributed by atoms with van der Waals surface area (Å²) in [7, 11) is 0. The van der Waals surface area contributed by atoms with E-state index in [1.807, 2.05) is 0 Å². The zero-order chi connectivity index (χ0) is 15.4. The summed E-state index contributed by atoms with van der Waals surface area (Å²) in [5.41, 5.74) is 4.92. The minimum Gasteiger partial charge on any atom is -0.456 e. The minimum atomic E-state index is 0.105. The molecule has 1 heterocycles. The molecule has 0 saturated heterocycles. The van der Waals surface area contributed by atoms with Crippen LogP contribution in [0.15, 0.2) is 40.8 Å². The van der Waals surface area contributed by atoms with Crippen LogP contribution in [0.25, 0.3) is 21.9 Å². The maximum atomic E-state index is 6.06. The molecule has 3 aromatic rings. The number of rotatable bonds is 0. The van der Waals surface area contributed by atoms with Crippen LogP contribution in [0.4, 0.5) is 0 Å². The molecule has 110 valence electrons. The van der Waals surface area contributed by atoms with E-state index in [2.05, 4.69) is 77.9 Å². The van der Waals surface area contributed by atoms with Crippen LogP contribution in [-0.2, 0) is 10.8 Å². The molecule has 0 fully saturated rings. The fourth-order valence-corrected chi connectivity index (χ4v) is 2.92. The minimum absolute atomic E-state index is 0.105. The molecular formula is C20H24O. The van der Waals surface area contributed by atoms with Crippen molar-refractivity contribution in [3.63, 3.8) is 0 Å². The van der Waals surface area contributed by atoms with Crippen molar-refractivity contribution < 1.29 is 4.42 Å². The van der Waals surface area contributed by atoms with Crippen molar-refractivity contribution in [1.29, 1.82) is 0 Å². The maximum absolute atomic E-state index is 6.06. The first-order chi connectivity index (χ1) is 9.68. The predicted octanol–water partition coefficient (Wildman–Crippen LogP) is 6.18. The molecule has 1 nitrogen and oxygen atoms in total. The van der Waals surface area contributed by atoms with E-state index in [1.54, 1.807) is 0 Å². The van der Waals surface area contributed by atoms with E-state index in [0.717, 1.165) is 11.2 Å². The van der Waals surface area contributed by atoms with Gasteiger partial charge in [0.25, 0.3) is 0 Å². The molecule has 0 atom stereocenters. The summed E-state index contributed by atoms with van der Waals surface area (Å²) in [6.07, 6.45) is 0. The lowest BCUT2D eigenvalue weighted by Crippen LogP contribution is -2.12. The van der Waals surface area contributed by atoms with Gasteiger partial charge in [-0.05, 0) is 40.2 Å². The molecule has 21 heavy (non-hydrogen) atoms. The Hall–Kier alpha value is -1.76. The van der Waals surface area contributed by atoms with E-state index in [1.165, 1.54) is 21.9 Å². The van der Waals surface area contributed by atoms with Gasteiger partial charge in [-0.15, -0.1) is 0 Å².